The summed E-state index contributed by atoms with van der Waals surface area (Å²) in [4.78, 5) is 20.8. The highest BCUT2D eigenvalue weighted by Crippen LogP contribution is 2.37. The lowest BCUT2D eigenvalue weighted by Crippen LogP contribution is -2.04. The molecule has 150 valence electrons. The molecule has 1 fully saturated rings. The van der Waals surface area contributed by atoms with Crippen molar-refractivity contribution < 1.29 is 27.6 Å². The molecule has 0 radical (unpaired) electrons. The highest BCUT2D eigenvalue weighted by molar-refractivity contribution is 8.19. The summed E-state index contributed by atoms with van der Waals surface area (Å²) < 4.78 is 42.9. The quantitative estimate of drug-likeness (QED) is 0.309. The molecule has 3 rings (SSSR count). The molecule has 1 saturated heterocycles. The minimum atomic E-state index is -4.54. The maximum atomic E-state index is 12.5. The van der Waals surface area contributed by atoms with Crippen molar-refractivity contribution >= 4 is 47.1 Å². The van der Waals surface area contributed by atoms with E-state index in [1.165, 1.54) is 22.7 Å². The molecule has 0 amide bonds. The van der Waals surface area contributed by atoms with Crippen molar-refractivity contribution in [2.75, 3.05) is 16.6 Å². The zero-order valence-corrected chi connectivity index (χ0v) is 16.5. The SMILES string of the molecule is C1CSCS1.O=Cc1cc(Oc2ccc(C(F)(F)F)cc2Cl)ccc1[N+](=O)[O-]. The van der Waals surface area contributed by atoms with Crippen molar-refractivity contribution in [3.63, 3.8) is 0 Å². The number of hydrogen-bond donors (Lipinski definition) is 0. The third-order valence-corrected chi connectivity index (χ3v) is 6.22. The molecule has 0 aromatic heterocycles. The number of alkyl halides is 3. The predicted octanol–water partition coefficient (Wildman–Crippen LogP) is 6.30. The van der Waals surface area contributed by atoms with Crippen LogP contribution in [-0.2, 0) is 6.18 Å². The van der Waals surface area contributed by atoms with Crippen LogP contribution in [0.15, 0.2) is 36.4 Å². The van der Waals surface area contributed by atoms with E-state index < -0.39 is 22.4 Å². The van der Waals surface area contributed by atoms with Gasteiger partial charge in [-0.25, -0.2) is 0 Å². The average molecular weight is 452 g/mol. The molecule has 0 aliphatic carbocycles. The molecule has 1 aliphatic heterocycles. The summed E-state index contributed by atoms with van der Waals surface area (Å²) in [7, 11) is 0. The predicted molar refractivity (Wildman–Crippen MR) is 105 cm³/mol. The van der Waals surface area contributed by atoms with Gasteiger partial charge in [0.2, 0.25) is 0 Å². The van der Waals surface area contributed by atoms with Crippen LogP contribution in [0.3, 0.4) is 0 Å². The first-order valence-corrected chi connectivity index (χ1v) is 10.3. The normalized spacial score (nSPS) is 13.4. The van der Waals surface area contributed by atoms with Crippen LogP contribution in [0.25, 0.3) is 0 Å². The smallest absolute Gasteiger partial charge is 0.416 e. The van der Waals surface area contributed by atoms with Gasteiger partial charge in [0.05, 0.1) is 21.1 Å². The summed E-state index contributed by atoms with van der Waals surface area (Å²) in [5.41, 5.74) is -1.58. The zero-order chi connectivity index (χ0) is 20.7. The van der Waals surface area contributed by atoms with Crippen LogP contribution in [0.2, 0.25) is 5.02 Å². The van der Waals surface area contributed by atoms with E-state index in [1.54, 1.807) is 0 Å². The van der Waals surface area contributed by atoms with Gasteiger partial charge in [0, 0.05) is 22.7 Å². The van der Waals surface area contributed by atoms with Crippen LogP contribution in [0.5, 0.6) is 11.5 Å². The number of ether oxygens (including phenoxy) is 1. The third kappa shape index (κ3) is 6.32. The lowest BCUT2D eigenvalue weighted by Gasteiger charge is -2.11. The summed E-state index contributed by atoms with van der Waals surface area (Å²) in [6, 6.07) is 5.86. The molecule has 0 unspecified atom stereocenters. The second-order valence-electron chi connectivity index (χ2n) is 5.27. The fraction of sp³-hybridized carbons (Fsp3) is 0.235. The average Bonchev–Trinajstić information content (AvgIpc) is 3.22. The fourth-order valence-corrected chi connectivity index (χ4v) is 4.61. The number of rotatable bonds is 4. The molecule has 1 aliphatic rings. The molecule has 1 heterocycles. The zero-order valence-electron chi connectivity index (χ0n) is 14.1. The van der Waals surface area contributed by atoms with Gasteiger partial charge < -0.3 is 4.74 Å². The van der Waals surface area contributed by atoms with Crippen LogP contribution in [0, 0.1) is 10.1 Å². The Morgan fingerprint density at radius 3 is 2.29 bits per heavy atom. The van der Waals surface area contributed by atoms with Gasteiger partial charge in [0.1, 0.15) is 11.5 Å². The summed E-state index contributed by atoms with van der Waals surface area (Å²) in [5.74, 6) is 2.71. The largest absolute Gasteiger partial charge is 0.456 e. The van der Waals surface area contributed by atoms with E-state index in [4.69, 9.17) is 16.3 Å². The Morgan fingerprint density at radius 1 is 1.14 bits per heavy atom. The Kier molecular flexibility index (Phi) is 8.02. The minimum Gasteiger partial charge on any atom is -0.456 e. The molecule has 2 aromatic rings. The van der Waals surface area contributed by atoms with Crippen molar-refractivity contribution in [3.05, 3.63) is 62.7 Å². The molecule has 0 spiro atoms. The maximum Gasteiger partial charge on any atom is 0.416 e. The van der Waals surface area contributed by atoms with Crippen molar-refractivity contribution in [3.8, 4) is 11.5 Å². The van der Waals surface area contributed by atoms with E-state index in [0.717, 1.165) is 24.3 Å². The molecular formula is C17H13ClF3NO4S2. The van der Waals surface area contributed by atoms with Crippen LogP contribution in [-0.4, -0.2) is 27.8 Å². The van der Waals surface area contributed by atoms with E-state index >= 15 is 0 Å². The standard InChI is InChI=1S/C14H7ClF3NO4.C3H6S2/c15-11-6-9(14(16,17)18)1-4-13(11)23-10-2-3-12(19(21)22)8(5-10)7-20;1-2-5-3-4-1/h1-7H;1-3H2. The van der Waals surface area contributed by atoms with Crippen molar-refractivity contribution in [2.24, 2.45) is 0 Å². The lowest BCUT2D eigenvalue weighted by atomic mass is 10.2. The molecular weight excluding hydrogens is 439 g/mol. The van der Waals surface area contributed by atoms with Crippen molar-refractivity contribution in [1.29, 1.82) is 0 Å². The summed E-state index contributed by atoms with van der Waals surface area (Å²) in [6.07, 6.45) is -4.26. The van der Waals surface area contributed by atoms with Gasteiger partial charge in [0.15, 0.2) is 6.29 Å². The molecule has 0 saturated carbocycles. The van der Waals surface area contributed by atoms with Crippen LogP contribution >= 0.6 is 35.1 Å². The number of nitrogens with zero attached hydrogens (tertiary/aromatic N) is 1. The van der Waals surface area contributed by atoms with Crippen LogP contribution in [0.1, 0.15) is 15.9 Å². The monoisotopic (exact) mass is 451 g/mol. The van der Waals surface area contributed by atoms with E-state index in [-0.39, 0.29) is 28.4 Å². The fourth-order valence-electron chi connectivity index (χ4n) is 2.04. The first-order valence-electron chi connectivity index (χ1n) is 7.66. The van der Waals surface area contributed by atoms with Crippen molar-refractivity contribution in [2.45, 2.75) is 6.18 Å². The van der Waals surface area contributed by atoms with E-state index in [0.29, 0.717) is 6.07 Å². The van der Waals surface area contributed by atoms with E-state index in [2.05, 4.69) is 0 Å². The summed E-state index contributed by atoms with van der Waals surface area (Å²) in [5, 5.41) is 11.8. The molecule has 28 heavy (non-hydrogen) atoms. The number of thioether (sulfide) groups is 2. The highest BCUT2D eigenvalue weighted by Gasteiger charge is 2.31. The van der Waals surface area contributed by atoms with Crippen LogP contribution < -0.4 is 4.74 Å². The Morgan fingerprint density at radius 2 is 1.82 bits per heavy atom. The number of aldehydes is 1. The van der Waals surface area contributed by atoms with Crippen LogP contribution in [0.4, 0.5) is 18.9 Å². The number of carbonyl (C=O) groups excluding carboxylic acids is 1. The number of benzene rings is 2. The van der Waals surface area contributed by atoms with Gasteiger partial charge in [-0.2, -0.15) is 36.7 Å². The third-order valence-electron chi connectivity index (χ3n) is 3.35. The number of halogens is 4. The maximum absolute atomic E-state index is 12.5. The van der Waals surface area contributed by atoms with Gasteiger partial charge in [0.25, 0.3) is 5.69 Å². The Labute approximate surface area is 171 Å². The van der Waals surface area contributed by atoms with Gasteiger partial charge in [-0.1, -0.05) is 11.6 Å². The van der Waals surface area contributed by atoms with Gasteiger partial charge in [-0.3, -0.25) is 14.9 Å². The second-order valence-corrected chi connectivity index (χ2v) is 8.26. The number of hydrogen-bond acceptors (Lipinski definition) is 6. The summed E-state index contributed by atoms with van der Waals surface area (Å²) >= 11 is 9.81. The van der Waals surface area contributed by atoms with Gasteiger partial charge in [-0.15, -0.1) is 0 Å². The number of nitro benzene ring substituents is 1. The molecule has 2 aromatic carbocycles. The van der Waals surface area contributed by atoms with Crippen molar-refractivity contribution in [1.82, 2.24) is 0 Å². The molecule has 11 heteroatoms. The lowest BCUT2D eigenvalue weighted by molar-refractivity contribution is -0.385. The van der Waals surface area contributed by atoms with E-state index in [1.807, 2.05) is 23.5 Å². The number of nitro groups is 1. The Bertz CT molecular complexity index is 853. The first kappa shape index (κ1) is 22.4. The highest BCUT2D eigenvalue weighted by atomic mass is 35.5. The Hall–Kier alpha value is -1.91. The topological polar surface area (TPSA) is 69.4 Å². The molecule has 0 atom stereocenters. The first-order chi connectivity index (χ1) is 13.2. The number of carbonyl (C=O) groups is 1. The molecule has 0 bridgehead atoms. The summed E-state index contributed by atoms with van der Waals surface area (Å²) in [6.45, 7) is 0. The molecule has 0 N–H and O–H groups in total. The molecule has 5 nitrogen and oxygen atoms in total. The van der Waals surface area contributed by atoms with Gasteiger partial charge in [-0.05, 0) is 30.3 Å². The Balaban J connectivity index is 0.000000485. The van der Waals surface area contributed by atoms with E-state index in [9.17, 15) is 28.1 Å². The minimum absolute atomic E-state index is 0.0272. The second kappa shape index (κ2) is 10.0. The van der Waals surface area contributed by atoms with Gasteiger partial charge >= 0.3 is 6.18 Å².